The molecule has 0 rings (SSSR count). The van der Waals surface area contributed by atoms with Crippen molar-refractivity contribution in [1.29, 1.82) is 0 Å². The van der Waals surface area contributed by atoms with Crippen LogP contribution in [0.1, 0.15) is 169 Å². The average Bonchev–Trinajstić information content (AvgIpc) is 2.81. The fourth-order valence-electron chi connectivity index (χ4n) is 4.88. The van der Waals surface area contributed by atoms with E-state index in [1.807, 2.05) is 0 Å². The van der Waals surface area contributed by atoms with Crippen LogP contribution in [0.2, 0.25) is 0 Å². The molecular weight excluding hydrogens is 468 g/mol. The molecule has 0 bridgehead atoms. The molecule has 0 saturated heterocycles. The molecule has 0 amide bonds. The van der Waals surface area contributed by atoms with E-state index in [2.05, 4.69) is 39.9 Å². The van der Waals surface area contributed by atoms with E-state index in [0.29, 0.717) is 16.4 Å². The predicted molar refractivity (Wildman–Crippen MR) is 163 cm³/mol. The summed E-state index contributed by atoms with van der Waals surface area (Å²) in [7, 11) is 0.513. The molecule has 0 fully saturated rings. The third-order valence-corrected chi connectivity index (χ3v) is 7.67. The molecule has 1 N–H and O–H groups in total. The molecule has 0 aromatic heterocycles. The Hall–Kier alpha value is -0.423. The van der Waals surface area contributed by atoms with Crippen LogP contribution in [-0.2, 0) is 9.22 Å². The van der Waals surface area contributed by atoms with Gasteiger partial charge in [-0.05, 0) is 44.8 Å². The molecule has 0 saturated carbocycles. The minimum Gasteiger partial charge on any atom is -0.528 e. The molecule has 1 atom stereocenters. The van der Waals surface area contributed by atoms with Crippen molar-refractivity contribution in [3.8, 4) is 0 Å². The largest absolute Gasteiger partial charge is 0.528 e. The van der Waals surface area contributed by atoms with Crippen molar-refractivity contribution in [2.75, 3.05) is 0 Å². The molecule has 5 heteroatoms. The molecule has 35 heavy (non-hydrogen) atoms. The first kappa shape index (κ1) is 36.7. The summed E-state index contributed by atoms with van der Waals surface area (Å²) < 4.78 is 5.27. The summed E-state index contributed by atoms with van der Waals surface area (Å²) >= 11 is 4.09. The van der Waals surface area contributed by atoms with Gasteiger partial charge in [-0.3, -0.25) is 4.79 Å². The second-order valence-electron chi connectivity index (χ2n) is 11.0. The Morgan fingerprint density at radius 2 is 0.971 bits per heavy atom. The summed E-state index contributed by atoms with van der Waals surface area (Å²) in [5.41, 5.74) is -0.317. The third-order valence-electron chi connectivity index (χ3n) is 7.29. The highest BCUT2D eigenvalue weighted by atomic mass is 32.1. The summed E-state index contributed by atoms with van der Waals surface area (Å²) in [6, 6.07) is 0. The Morgan fingerprint density at radius 3 is 1.23 bits per heavy atom. The zero-order valence-corrected chi connectivity index (χ0v) is 27.4. The average molecular weight is 531 g/mol. The minimum absolute atomic E-state index is 0.000000000000000222. The second kappa shape index (κ2) is 26.6. The minimum atomic E-state index is -0.317. The van der Waals surface area contributed by atoms with Gasteiger partial charge in [0.05, 0.1) is 5.41 Å². The molecule has 1 unspecified atom stereocenters. The third kappa shape index (κ3) is 25.0. The van der Waals surface area contributed by atoms with E-state index in [9.17, 15) is 4.79 Å². The van der Waals surface area contributed by atoms with Crippen molar-refractivity contribution in [1.82, 2.24) is 0 Å². The number of unbranched alkanes of at least 4 members (excludes halogenated alkanes) is 17. The standard InChI is InChI=1S/C28H58O2Si.C2H4OS/c1-5-7-9-11-13-14-15-16-17-18-19-21-23-25-26(28(3,4)27(29)30-31)24-22-20-12-10-8-6-2;1-2(3)4/h26H,5-25H2,1-4,31H3;1H3,(H,3,4). The molecule has 0 aromatic carbocycles. The molecule has 0 radical (unpaired) electrons. The summed E-state index contributed by atoms with van der Waals surface area (Å²) in [5.74, 6) is 0.512. The quantitative estimate of drug-likeness (QED) is 0.0811. The van der Waals surface area contributed by atoms with Crippen LogP contribution in [0.15, 0.2) is 0 Å². The maximum atomic E-state index is 12.4. The van der Waals surface area contributed by atoms with Crippen molar-refractivity contribution in [2.45, 2.75) is 169 Å². The number of aliphatic hydroxyl groups excluding tert-OH is 1. The highest BCUT2D eigenvalue weighted by molar-refractivity contribution is 7.79. The number of carbonyl (C=O) groups excluding carboxylic acids is 1. The summed E-state index contributed by atoms with van der Waals surface area (Å²) in [6.45, 7) is 10.3. The van der Waals surface area contributed by atoms with Crippen molar-refractivity contribution in [3.63, 3.8) is 0 Å². The van der Waals surface area contributed by atoms with Gasteiger partial charge >= 0.3 is 0 Å². The number of rotatable bonds is 23. The van der Waals surface area contributed by atoms with E-state index in [1.54, 1.807) is 0 Å². The van der Waals surface area contributed by atoms with Crippen molar-refractivity contribution in [3.05, 3.63) is 0 Å². The van der Waals surface area contributed by atoms with Crippen LogP contribution in [0, 0.1) is 11.3 Å². The highest BCUT2D eigenvalue weighted by Crippen LogP contribution is 2.36. The number of hydrogen-bond donors (Lipinski definition) is 1. The van der Waals surface area contributed by atoms with Gasteiger partial charge in [0, 0.05) is 6.92 Å². The topological polar surface area (TPSA) is 46.5 Å². The molecule has 210 valence electrons. The van der Waals surface area contributed by atoms with Crippen LogP contribution >= 0.6 is 12.2 Å². The maximum Gasteiger partial charge on any atom is 0.297 e. The van der Waals surface area contributed by atoms with E-state index in [0.717, 1.165) is 0 Å². The Kier molecular flexibility index (Phi) is 28.0. The Balaban J connectivity index is 0. The number of hydrogen-bond acceptors (Lipinski definition) is 3. The smallest absolute Gasteiger partial charge is 0.297 e. The highest BCUT2D eigenvalue weighted by Gasteiger charge is 2.36. The van der Waals surface area contributed by atoms with Crippen LogP contribution in [-0.4, -0.2) is 26.6 Å². The number of thiocarbonyl (C=S) groups is 1. The van der Waals surface area contributed by atoms with Crippen molar-refractivity contribution < 1.29 is 14.3 Å². The lowest BCUT2D eigenvalue weighted by Crippen LogP contribution is -2.34. The van der Waals surface area contributed by atoms with Gasteiger partial charge in [0.25, 0.3) is 5.97 Å². The zero-order valence-electron chi connectivity index (χ0n) is 24.6. The Bertz CT molecular complexity index is 478. The van der Waals surface area contributed by atoms with Gasteiger partial charge in [0.1, 0.15) is 0 Å². The Labute approximate surface area is 228 Å². The van der Waals surface area contributed by atoms with E-state index >= 15 is 0 Å². The lowest BCUT2D eigenvalue weighted by atomic mass is 9.73. The van der Waals surface area contributed by atoms with Crippen LogP contribution in [0.3, 0.4) is 0 Å². The fourth-order valence-corrected chi connectivity index (χ4v) is 5.40. The van der Waals surface area contributed by atoms with Gasteiger partial charge in [-0.2, -0.15) is 0 Å². The predicted octanol–water partition coefficient (Wildman–Crippen LogP) is 9.58. The van der Waals surface area contributed by atoms with E-state index in [4.69, 9.17) is 9.53 Å². The molecule has 0 spiro atoms. The maximum absolute atomic E-state index is 12.4. The monoisotopic (exact) mass is 530 g/mol. The lowest BCUT2D eigenvalue weighted by Gasteiger charge is -2.32. The normalized spacial score (nSPS) is 12.1. The summed E-state index contributed by atoms with van der Waals surface area (Å²) in [5, 5.41) is 7.79. The number of aliphatic hydroxyl groups is 1. The van der Waals surface area contributed by atoms with E-state index in [1.165, 1.54) is 142 Å². The summed E-state index contributed by atoms with van der Waals surface area (Å²) in [4.78, 5) is 12.4. The molecule has 0 aliphatic carbocycles. The van der Waals surface area contributed by atoms with Gasteiger partial charge in [-0.25, -0.2) is 0 Å². The molecule has 0 aliphatic heterocycles. The number of carbonyl (C=O) groups is 1. The van der Waals surface area contributed by atoms with Gasteiger partial charge in [0.15, 0.2) is 5.05 Å². The van der Waals surface area contributed by atoms with Crippen LogP contribution in [0.5, 0.6) is 0 Å². The van der Waals surface area contributed by atoms with Gasteiger partial charge in [-0.15, -0.1) is 0 Å². The molecule has 0 aliphatic rings. The van der Waals surface area contributed by atoms with E-state index in [-0.39, 0.29) is 16.4 Å². The van der Waals surface area contributed by atoms with Gasteiger partial charge < -0.3 is 9.53 Å². The first-order valence-corrected chi connectivity index (χ1v) is 16.2. The SMILES string of the molecule is CC(O)=S.CCCCCCCCCCCCCCCC(CCCCCCCC)C(C)(C)C(=O)O[SiH3]. The lowest BCUT2D eigenvalue weighted by molar-refractivity contribution is -0.147. The van der Waals surface area contributed by atoms with Gasteiger partial charge in [0.2, 0.25) is 10.5 Å². The van der Waals surface area contributed by atoms with Crippen LogP contribution < -0.4 is 0 Å². The second-order valence-corrected chi connectivity index (χ2v) is 12.0. The molecule has 0 heterocycles. The molecule has 3 nitrogen and oxygen atoms in total. The van der Waals surface area contributed by atoms with Crippen molar-refractivity contribution in [2.24, 2.45) is 11.3 Å². The molecule has 0 aromatic rings. The first-order valence-electron chi connectivity index (χ1n) is 15.0. The zero-order chi connectivity index (χ0) is 26.8. The van der Waals surface area contributed by atoms with Crippen molar-refractivity contribution >= 4 is 33.7 Å². The van der Waals surface area contributed by atoms with E-state index < -0.39 is 0 Å². The van der Waals surface area contributed by atoms with Crippen LogP contribution in [0.4, 0.5) is 0 Å². The fraction of sp³-hybridized carbons (Fsp3) is 0.933. The first-order chi connectivity index (χ1) is 16.7. The Morgan fingerprint density at radius 1 is 0.714 bits per heavy atom. The van der Waals surface area contributed by atoms with Gasteiger partial charge in [-0.1, -0.05) is 136 Å². The van der Waals surface area contributed by atoms with Crippen LogP contribution in [0.25, 0.3) is 0 Å². The molecular formula is C30H62O3SSi. The summed E-state index contributed by atoms with van der Waals surface area (Å²) in [6.07, 6.45) is 28.5.